The van der Waals surface area contributed by atoms with Crippen molar-refractivity contribution in [2.45, 2.75) is 24.5 Å². The number of aliphatic hydroxyl groups is 2. The molecule has 1 aliphatic rings. The molecule has 119 valence electrons. The number of ether oxygens (including phenoxy) is 1. The molecule has 0 bridgehead atoms. The van der Waals surface area contributed by atoms with Crippen LogP contribution in [0.4, 0.5) is 5.82 Å². The van der Waals surface area contributed by atoms with E-state index in [1.807, 2.05) is 0 Å². The van der Waals surface area contributed by atoms with Gasteiger partial charge in [-0.05, 0) is 6.07 Å². The summed E-state index contributed by atoms with van der Waals surface area (Å²) in [6, 6.07) is 1.28. The van der Waals surface area contributed by atoms with Gasteiger partial charge >= 0.3 is 13.5 Å². The van der Waals surface area contributed by atoms with Gasteiger partial charge in [0.05, 0.1) is 6.61 Å². The Morgan fingerprint density at radius 2 is 2.14 bits per heavy atom. The van der Waals surface area contributed by atoms with Crippen LogP contribution in [0.5, 0.6) is 0 Å². The van der Waals surface area contributed by atoms with Gasteiger partial charge in [-0.3, -0.25) is 9.09 Å². The molecule has 11 nitrogen and oxygen atoms in total. The van der Waals surface area contributed by atoms with Gasteiger partial charge in [-0.1, -0.05) is 0 Å². The van der Waals surface area contributed by atoms with Crippen LogP contribution in [0.3, 0.4) is 0 Å². The van der Waals surface area contributed by atoms with E-state index in [0.29, 0.717) is 0 Å². The van der Waals surface area contributed by atoms with Gasteiger partial charge in [0.15, 0.2) is 6.23 Å². The van der Waals surface area contributed by atoms with Gasteiger partial charge in [0.25, 0.3) is 0 Å². The molecule has 6 N–H and O–H groups in total. The van der Waals surface area contributed by atoms with Crippen LogP contribution in [-0.2, 0) is 13.8 Å². The number of aromatic nitrogens is 2. The molecule has 1 aliphatic heterocycles. The van der Waals surface area contributed by atoms with E-state index in [-0.39, 0.29) is 35.4 Å². The number of phosphoric ester groups is 1. The number of phosphoric acid groups is 1. The second kappa shape index (κ2) is 7.49. The molecule has 0 spiro atoms. The van der Waals surface area contributed by atoms with Crippen LogP contribution >= 0.6 is 7.82 Å². The molecule has 1 aromatic rings. The fraction of sp³-hybridized carbons (Fsp3) is 0.556. The molecule has 1 aromatic heterocycles. The van der Waals surface area contributed by atoms with Crippen molar-refractivity contribution < 1.29 is 33.8 Å². The topological polar surface area (TPSA) is 177 Å². The third-order valence-corrected chi connectivity index (χ3v) is 3.39. The van der Waals surface area contributed by atoms with Crippen molar-refractivity contribution in [3.05, 3.63) is 22.7 Å². The van der Waals surface area contributed by atoms with Crippen molar-refractivity contribution in [3.8, 4) is 0 Å². The van der Waals surface area contributed by atoms with Gasteiger partial charge in [-0.25, -0.2) is 9.36 Å². The van der Waals surface area contributed by atoms with Crippen molar-refractivity contribution in [2.75, 3.05) is 12.3 Å². The van der Waals surface area contributed by atoms with Crippen molar-refractivity contribution in [1.29, 1.82) is 0 Å². The third kappa shape index (κ3) is 4.36. The molecule has 13 heteroatoms. The Kier molecular flexibility index (Phi) is 6.72. The molecule has 22 heavy (non-hydrogen) atoms. The molecule has 2 rings (SSSR count). The maximum atomic E-state index is 11.7. The summed E-state index contributed by atoms with van der Waals surface area (Å²) in [7, 11) is -4.91. The molecule has 1 radical (unpaired) electrons. The van der Waals surface area contributed by atoms with Gasteiger partial charge in [-0.15, -0.1) is 0 Å². The fourth-order valence-corrected chi connectivity index (χ4v) is 2.58. The summed E-state index contributed by atoms with van der Waals surface area (Å²) in [5.41, 5.74) is 4.50. The Hall–Kier alpha value is -0.330. The first-order valence-electron chi connectivity index (χ1n) is 5.76. The Bertz CT molecular complexity index is 621. The minimum Gasteiger partial charge on any atom is -0.394 e. The van der Waals surface area contributed by atoms with Gasteiger partial charge in [0.2, 0.25) is 0 Å². The van der Waals surface area contributed by atoms with E-state index in [0.717, 1.165) is 4.57 Å². The molecule has 0 saturated carbocycles. The predicted molar refractivity (Wildman–Crippen MR) is 72.6 cm³/mol. The number of rotatable bonds is 4. The van der Waals surface area contributed by atoms with E-state index in [2.05, 4.69) is 9.51 Å². The molecule has 1 fully saturated rings. The maximum Gasteiger partial charge on any atom is 0.470 e. The molecule has 1 saturated heterocycles. The Balaban J connectivity index is 0.00000242. The molecule has 0 amide bonds. The van der Waals surface area contributed by atoms with Crippen LogP contribution in [0.2, 0.25) is 0 Å². The van der Waals surface area contributed by atoms with E-state index < -0.39 is 44.7 Å². The van der Waals surface area contributed by atoms with Crippen molar-refractivity contribution in [3.63, 3.8) is 0 Å². The van der Waals surface area contributed by atoms with E-state index in [1.165, 1.54) is 12.3 Å². The molecule has 0 aromatic carbocycles. The van der Waals surface area contributed by atoms with E-state index in [9.17, 15) is 14.5 Å². The van der Waals surface area contributed by atoms with E-state index in [4.69, 9.17) is 25.4 Å². The first-order valence-corrected chi connectivity index (χ1v) is 7.29. The van der Waals surface area contributed by atoms with E-state index >= 15 is 0 Å². The standard InChI is InChI=1S/C9H14N3O8P.Na/c10-5-1-2-12(9(15)11-5)8-6(14)7(4(3-13)19-8)20-21(16,17)18;/h1-2,4,6-8,13-14H,3H2,(H2,10,11,15)(H2,16,17,18);/t4-,6-,7-,8-;/m0./s1. The van der Waals surface area contributed by atoms with Crippen LogP contribution in [0.15, 0.2) is 17.1 Å². The van der Waals surface area contributed by atoms with Gasteiger partial charge in [-0.2, -0.15) is 4.98 Å². The van der Waals surface area contributed by atoms with Crippen LogP contribution in [0.25, 0.3) is 0 Å². The summed E-state index contributed by atoms with van der Waals surface area (Å²) in [5.74, 6) is -0.0366. The van der Waals surface area contributed by atoms with Crippen LogP contribution in [0, 0.1) is 0 Å². The average molecular weight is 346 g/mol. The quantitative estimate of drug-likeness (QED) is 0.282. The van der Waals surface area contributed by atoms with Crippen molar-refractivity contribution in [1.82, 2.24) is 9.55 Å². The minimum atomic E-state index is -4.91. The Morgan fingerprint density at radius 3 is 2.64 bits per heavy atom. The number of nitrogens with two attached hydrogens (primary N) is 1. The number of hydrogen-bond acceptors (Lipinski definition) is 8. The van der Waals surface area contributed by atoms with E-state index in [1.54, 1.807) is 0 Å². The number of anilines is 1. The summed E-state index contributed by atoms with van der Waals surface area (Å²) in [5, 5.41) is 19.2. The zero-order chi connectivity index (χ0) is 15.8. The van der Waals surface area contributed by atoms with Gasteiger partial charge in [0.1, 0.15) is 24.1 Å². The zero-order valence-corrected chi connectivity index (χ0v) is 14.4. The maximum absolute atomic E-state index is 11.7. The average Bonchev–Trinajstić information content (AvgIpc) is 2.65. The Morgan fingerprint density at radius 1 is 1.50 bits per heavy atom. The molecular weight excluding hydrogens is 332 g/mol. The van der Waals surface area contributed by atoms with Crippen LogP contribution < -0.4 is 11.4 Å². The van der Waals surface area contributed by atoms with Crippen LogP contribution in [-0.4, -0.2) is 84.0 Å². The molecule has 4 atom stereocenters. The minimum absolute atomic E-state index is 0. The summed E-state index contributed by atoms with van der Waals surface area (Å²) in [6.45, 7) is -0.671. The monoisotopic (exact) mass is 346 g/mol. The first kappa shape index (κ1) is 19.7. The zero-order valence-electron chi connectivity index (χ0n) is 11.5. The van der Waals surface area contributed by atoms with Gasteiger partial charge in [0, 0.05) is 35.8 Å². The molecule has 0 unspecified atom stereocenters. The predicted octanol–water partition coefficient (Wildman–Crippen LogP) is -2.83. The molecule has 2 heterocycles. The second-order valence-electron chi connectivity index (χ2n) is 4.34. The number of aliphatic hydroxyl groups excluding tert-OH is 2. The fourth-order valence-electron chi connectivity index (χ4n) is 2.00. The SMILES string of the molecule is Nc1ccn([C@H]2O[C@@H](CO)[C@H](OP(=O)(O)O)[C@@H]2O)c(=O)n1.[Na]. The molecule has 0 aliphatic carbocycles. The summed E-state index contributed by atoms with van der Waals surface area (Å²) in [4.78, 5) is 32.7. The largest absolute Gasteiger partial charge is 0.470 e. The Labute approximate surface area is 146 Å². The summed E-state index contributed by atoms with van der Waals surface area (Å²) < 4.78 is 21.4. The normalized spacial score (nSPS) is 28.4. The number of nitrogen functional groups attached to an aromatic ring is 1. The third-order valence-electron chi connectivity index (χ3n) is 2.87. The van der Waals surface area contributed by atoms with Crippen molar-refractivity contribution >= 4 is 43.2 Å². The summed E-state index contributed by atoms with van der Waals surface area (Å²) >= 11 is 0. The van der Waals surface area contributed by atoms with Crippen molar-refractivity contribution in [2.24, 2.45) is 0 Å². The van der Waals surface area contributed by atoms with Crippen LogP contribution in [0.1, 0.15) is 6.23 Å². The summed E-state index contributed by atoms with van der Waals surface area (Å²) in [6.07, 6.45) is -4.45. The smallest absolute Gasteiger partial charge is 0.394 e. The molecular formula is C9H14N3NaO8P. The number of nitrogens with zero attached hydrogens (tertiary/aromatic N) is 2. The second-order valence-corrected chi connectivity index (χ2v) is 5.53. The van der Waals surface area contributed by atoms with Gasteiger partial charge < -0.3 is 30.5 Å². The number of hydrogen-bond donors (Lipinski definition) is 5. The first-order chi connectivity index (χ1) is 9.73.